The Kier molecular flexibility index (Phi) is 3.42. The van der Waals surface area contributed by atoms with Crippen LogP contribution in [0.25, 0.3) is 0 Å². The molecule has 0 radical (unpaired) electrons. The molecule has 2 heterocycles. The maximum absolute atomic E-state index is 12.4. The van der Waals surface area contributed by atoms with Crippen LogP contribution in [0.1, 0.15) is 24.2 Å². The van der Waals surface area contributed by atoms with Crippen LogP contribution in [0.5, 0.6) is 0 Å². The van der Waals surface area contributed by atoms with E-state index in [1.165, 1.54) is 6.20 Å². The largest absolute Gasteiger partial charge is 0.373 e. The van der Waals surface area contributed by atoms with E-state index >= 15 is 0 Å². The fourth-order valence-corrected chi connectivity index (χ4v) is 2.08. The number of amides is 2. The van der Waals surface area contributed by atoms with E-state index in [1.807, 2.05) is 0 Å². The van der Waals surface area contributed by atoms with Crippen molar-refractivity contribution in [2.75, 3.05) is 25.5 Å². The minimum atomic E-state index is -0.836. The zero-order chi connectivity index (χ0) is 14.0. The molecule has 0 atom stereocenters. The Labute approximate surface area is 112 Å². The van der Waals surface area contributed by atoms with E-state index in [0.717, 1.165) is 0 Å². The number of hydrogen-bond donors (Lipinski definition) is 2. The second-order valence-corrected chi connectivity index (χ2v) is 4.95. The number of carbonyl (C=O) groups excluding carboxylic acids is 2. The van der Waals surface area contributed by atoms with Gasteiger partial charge >= 0.3 is 0 Å². The van der Waals surface area contributed by atoms with Crippen LogP contribution in [-0.2, 0) is 4.79 Å². The number of carbonyl (C=O) groups is 2. The molecule has 1 fully saturated rings. The van der Waals surface area contributed by atoms with Crippen LogP contribution >= 0.6 is 0 Å². The molecule has 2 rings (SSSR count). The Bertz CT molecular complexity index is 496. The number of nitrogens with zero attached hydrogens (tertiary/aromatic N) is 2. The average molecular weight is 262 g/mol. The van der Waals surface area contributed by atoms with Crippen LogP contribution in [0.2, 0.25) is 0 Å². The second kappa shape index (κ2) is 4.87. The Morgan fingerprint density at radius 3 is 2.79 bits per heavy atom. The lowest BCUT2D eigenvalue weighted by atomic mass is 9.98. The van der Waals surface area contributed by atoms with Gasteiger partial charge in [-0.15, -0.1) is 0 Å². The van der Waals surface area contributed by atoms with Crippen molar-refractivity contribution in [1.82, 2.24) is 15.2 Å². The van der Waals surface area contributed by atoms with Gasteiger partial charge in [0.1, 0.15) is 11.4 Å². The quantitative estimate of drug-likeness (QED) is 0.812. The summed E-state index contributed by atoms with van der Waals surface area (Å²) in [4.78, 5) is 30.0. The molecule has 1 aromatic rings. The summed E-state index contributed by atoms with van der Waals surface area (Å²) in [6, 6.07) is 3.45. The Hall–Kier alpha value is -2.11. The lowest BCUT2D eigenvalue weighted by Gasteiger charge is -2.41. The zero-order valence-electron chi connectivity index (χ0n) is 11.4. The number of aromatic nitrogens is 1. The molecule has 2 N–H and O–H groups in total. The molecular formula is C13H18N4O2. The van der Waals surface area contributed by atoms with Crippen molar-refractivity contribution in [2.24, 2.45) is 0 Å². The molecule has 0 aliphatic carbocycles. The fourth-order valence-electron chi connectivity index (χ4n) is 2.08. The minimum Gasteiger partial charge on any atom is -0.373 e. The van der Waals surface area contributed by atoms with Crippen molar-refractivity contribution >= 4 is 17.6 Å². The topological polar surface area (TPSA) is 74.3 Å². The molecule has 0 bridgehead atoms. The van der Waals surface area contributed by atoms with Gasteiger partial charge in [0.05, 0.1) is 5.56 Å². The summed E-state index contributed by atoms with van der Waals surface area (Å²) in [6.07, 6.45) is 1.52. The third-order valence-electron chi connectivity index (χ3n) is 3.36. The predicted molar refractivity (Wildman–Crippen MR) is 71.9 cm³/mol. The lowest BCUT2D eigenvalue weighted by Crippen LogP contribution is -2.63. The van der Waals surface area contributed by atoms with E-state index in [9.17, 15) is 9.59 Å². The summed E-state index contributed by atoms with van der Waals surface area (Å²) >= 11 is 0. The van der Waals surface area contributed by atoms with Crippen molar-refractivity contribution < 1.29 is 9.59 Å². The maximum Gasteiger partial charge on any atom is 0.256 e. The highest BCUT2D eigenvalue weighted by molar-refractivity contribution is 5.99. The third-order valence-corrected chi connectivity index (χ3v) is 3.36. The van der Waals surface area contributed by atoms with Gasteiger partial charge in [-0.3, -0.25) is 9.59 Å². The third kappa shape index (κ3) is 2.38. The average Bonchev–Trinajstić information content (AvgIpc) is 2.41. The molecule has 19 heavy (non-hydrogen) atoms. The maximum atomic E-state index is 12.4. The molecule has 0 unspecified atom stereocenters. The number of nitrogens with one attached hydrogen (secondary N) is 2. The molecule has 2 amide bonds. The Balaban J connectivity index is 2.24. The molecule has 1 aliphatic heterocycles. The molecule has 1 saturated heterocycles. The fraction of sp³-hybridized carbons (Fsp3) is 0.462. The van der Waals surface area contributed by atoms with Gasteiger partial charge in [-0.1, -0.05) is 0 Å². The first-order valence-corrected chi connectivity index (χ1v) is 6.21. The van der Waals surface area contributed by atoms with Gasteiger partial charge in [0.25, 0.3) is 5.91 Å². The summed E-state index contributed by atoms with van der Waals surface area (Å²) in [7, 11) is 1.77. The highest BCUT2D eigenvalue weighted by atomic mass is 16.2. The van der Waals surface area contributed by atoms with Gasteiger partial charge in [0.15, 0.2) is 0 Å². The van der Waals surface area contributed by atoms with Crippen molar-refractivity contribution in [3.8, 4) is 0 Å². The SMILES string of the molecule is CNc1ccc(C(=O)N2CCNC(=O)C2(C)C)cn1. The van der Waals surface area contributed by atoms with E-state index < -0.39 is 5.54 Å². The summed E-state index contributed by atoms with van der Waals surface area (Å²) < 4.78 is 0. The summed E-state index contributed by atoms with van der Waals surface area (Å²) in [5.41, 5.74) is -0.349. The van der Waals surface area contributed by atoms with Crippen LogP contribution in [-0.4, -0.2) is 47.4 Å². The molecule has 6 nitrogen and oxygen atoms in total. The monoisotopic (exact) mass is 262 g/mol. The highest BCUT2D eigenvalue weighted by Gasteiger charge is 2.40. The molecule has 0 spiro atoms. The summed E-state index contributed by atoms with van der Waals surface area (Å²) in [5, 5.41) is 5.66. The molecule has 6 heteroatoms. The van der Waals surface area contributed by atoms with Gasteiger partial charge in [0, 0.05) is 26.3 Å². The van der Waals surface area contributed by atoms with E-state index in [2.05, 4.69) is 15.6 Å². The number of hydrogen-bond acceptors (Lipinski definition) is 4. The van der Waals surface area contributed by atoms with Gasteiger partial charge in [0.2, 0.25) is 5.91 Å². The Morgan fingerprint density at radius 2 is 2.21 bits per heavy atom. The molecular weight excluding hydrogens is 244 g/mol. The first kappa shape index (κ1) is 13.3. The van der Waals surface area contributed by atoms with Crippen LogP contribution in [0.3, 0.4) is 0 Å². The zero-order valence-corrected chi connectivity index (χ0v) is 11.4. The predicted octanol–water partition coefficient (Wildman–Crippen LogP) is 0.474. The van der Waals surface area contributed by atoms with Crippen molar-refractivity contribution in [3.63, 3.8) is 0 Å². The summed E-state index contributed by atoms with van der Waals surface area (Å²) in [6.45, 7) is 4.48. The lowest BCUT2D eigenvalue weighted by molar-refractivity contribution is -0.133. The number of anilines is 1. The van der Waals surface area contributed by atoms with Gasteiger partial charge in [-0.2, -0.15) is 0 Å². The first-order chi connectivity index (χ1) is 8.96. The van der Waals surface area contributed by atoms with E-state index in [4.69, 9.17) is 0 Å². The van der Waals surface area contributed by atoms with Crippen LogP contribution in [0, 0.1) is 0 Å². The van der Waals surface area contributed by atoms with Gasteiger partial charge in [-0.25, -0.2) is 4.98 Å². The smallest absolute Gasteiger partial charge is 0.256 e. The number of rotatable bonds is 2. The molecule has 0 saturated carbocycles. The minimum absolute atomic E-state index is 0.132. The van der Waals surface area contributed by atoms with E-state index in [0.29, 0.717) is 24.5 Å². The van der Waals surface area contributed by atoms with Crippen molar-refractivity contribution in [2.45, 2.75) is 19.4 Å². The first-order valence-electron chi connectivity index (χ1n) is 6.21. The molecule has 1 aliphatic rings. The van der Waals surface area contributed by atoms with Crippen LogP contribution in [0.4, 0.5) is 5.82 Å². The second-order valence-electron chi connectivity index (χ2n) is 4.95. The van der Waals surface area contributed by atoms with Gasteiger partial charge in [-0.05, 0) is 26.0 Å². The molecule has 102 valence electrons. The molecule has 1 aromatic heterocycles. The van der Waals surface area contributed by atoms with Crippen molar-refractivity contribution in [1.29, 1.82) is 0 Å². The van der Waals surface area contributed by atoms with E-state index in [-0.39, 0.29) is 11.8 Å². The standard InChI is InChI=1S/C13H18N4O2/c1-13(2)12(19)15-6-7-17(13)11(18)9-4-5-10(14-3)16-8-9/h4-5,8H,6-7H2,1-3H3,(H,14,16)(H,15,19). The van der Waals surface area contributed by atoms with E-state index in [1.54, 1.807) is 37.9 Å². The van der Waals surface area contributed by atoms with Gasteiger partial charge < -0.3 is 15.5 Å². The number of piperazine rings is 1. The molecule has 0 aromatic carbocycles. The highest BCUT2D eigenvalue weighted by Crippen LogP contribution is 2.20. The van der Waals surface area contributed by atoms with Crippen molar-refractivity contribution in [3.05, 3.63) is 23.9 Å². The van der Waals surface area contributed by atoms with Crippen LogP contribution < -0.4 is 10.6 Å². The summed E-state index contributed by atoms with van der Waals surface area (Å²) in [5.74, 6) is 0.397. The normalized spacial score (nSPS) is 17.8. The van der Waals surface area contributed by atoms with Crippen LogP contribution in [0.15, 0.2) is 18.3 Å². The Morgan fingerprint density at radius 1 is 1.47 bits per heavy atom. The number of pyridine rings is 1.